The predicted octanol–water partition coefficient (Wildman–Crippen LogP) is 3.72. The summed E-state index contributed by atoms with van der Waals surface area (Å²) in [6, 6.07) is 0. The van der Waals surface area contributed by atoms with Crippen LogP contribution in [0.4, 0.5) is 37.9 Å². The van der Waals surface area contributed by atoms with Gasteiger partial charge in [0.1, 0.15) is 65.8 Å². The van der Waals surface area contributed by atoms with E-state index in [1.54, 1.807) is 111 Å². The second-order valence-electron chi connectivity index (χ2n) is 32.6. The number of aromatic amines is 2. The zero-order valence-electron chi connectivity index (χ0n) is 68.8. The second-order valence-corrected chi connectivity index (χ2v) is 32.6. The third kappa shape index (κ3) is 21.6. The highest BCUT2D eigenvalue weighted by atomic mass is 16.6. The van der Waals surface area contributed by atoms with Crippen LogP contribution in [0.3, 0.4) is 0 Å². The molecule has 0 aromatic carbocycles. The Kier molecular flexibility index (Phi) is 29.7. The monoisotopic (exact) mass is 1660 g/mol. The number of nitrogens with zero attached hydrogens (tertiary/aromatic N) is 16. The third-order valence-corrected chi connectivity index (χ3v) is 19.4. The molecule has 4 amide bonds. The maximum absolute atomic E-state index is 13.1. The van der Waals surface area contributed by atoms with Gasteiger partial charge in [-0.05, 0) is 102 Å². The fourth-order valence-electron chi connectivity index (χ4n) is 13.5. The zero-order chi connectivity index (χ0) is 87.0. The Morgan fingerprint density at radius 1 is 0.517 bits per heavy atom. The van der Waals surface area contributed by atoms with E-state index in [9.17, 15) is 63.9 Å². The lowest BCUT2D eigenvalue weighted by Crippen LogP contribution is -2.46. The number of carbonyl (C=O) groups excluding carboxylic acids is 6. The topological polar surface area (TPSA) is 583 Å². The van der Waals surface area contributed by atoms with E-state index in [0.29, 0.717) is 41.6 Å². The molecule has 4 fully saturated rings. The first-order valence-electron chi connectivity index (χ1n) is 38.4. The number of Topliss-reactive ketones (excluding diaryl/α,β-unsaturated/α-hetero) is 1. The molecule has 4 saturated heterocycles. The van der Waals surface area contributed by atoms with Crippen LogP contribution in [0.2, 0.25) is 0 Å². The summed E-state index contributed by atoms with van der Waals surface area (Å²) >= 11 is 0. The van der Waals surface area contributed by atoms with E-state index in [2.05, 4.69) is 70.4 Å². The minimum Gasteiger partial charge on any atom is -0.460 e. The lowest BCUT2D eigenvalue weighted by molar-refractivity contribution is -0.139. The van der Waals surface area contributed by atoms with E-state index in [-0.39, 0.29) is 134 Å². The number of ether oxygens (including phenoxy) is 8. The van der Waals surface area contributed by atoms with Crippen molar-refractivity contribution in [1.29, 1.82) is 0 Å². The maximum atomic E-state index is 13.1. The molecule has 0 radical (unpaired) electrons. The molecule has 648 valence electrons. The van der Waals surface area contributed by atoms with Crippen LogP contribution in [-0.4, -0.2) is 267 Å². The number of rotatable bonds is 23. The molecule has 8 aromatic rings. The van der Waals surface area contributed by atoms with Gasteiger partial charge >= 0.3 is 18.3 Å². The number of aliphatic hydroxyl groups is 8. The van der Waals surface area contributed by atoms with Crippen molar-refractivity contribution < 1.29 is 108 Å². The van der Waals surface area contributed by atoms with E-state index in [1.807, 2.05) is 13.8 Å². The average molecular weight is 1660 g/mol. The number of anilines is 4. The maximum Gasteiger partial charge on any atom is 0.416 e. The minimum absolute atomic E-state index is 0.00314. The van der Waals surface area contributed by atoms with Crippen molar-refractivity contribution in [2.24, 2.45) is 23.7 Å². The molecule has 16 atom stereocenters. The van der Waals surface area contributed by atoms with Crippen LogP contribution >= 0.6 is 0 Å². The first-order chi connectivity index (χ1) is 55.5. The third-order valence-electron chi connectivity index (χ3n) is 19.4. The number of nitrogens with one attached hydrogen (secondary N) is 4. The number of fused-ring (bicyclic) bond motifs is 4. The van der Waals surface area contributed by atoms with E-state index in [4.69, 9.17) is 53.2 Å². The van der Waals surface area contributed by atoms with Gasteiger partial charge in [-0.15, -0.1) is 0 Å². The molecule has 44 nitrogen and oxygen atoms in total. The number of ketones is 1. The smallest absolute Gasteiger partial charge is 0.416 e. The van der Waals surface area contributed by atoms with E-state index < -0.39 is 131 Å². The van der Waals surface area contributed by atoms with Crippen molar-refractivity contribution >= 4 is 105 Å². The molecule has 0 bridgehead atoms. The van der Waals surface area contributed by atoms with Crippen molar-refractivity contribution in [2.75, 3.05) is 60.5 Å². The van der Waals surface area contributed by atoms with Crippen molar-refractivity contribution in [3.05, 3.63) is 58.7 Å². The van der Waals surface area contributed by atoms with E-state index >= 15 is 0 Å². The molecule has 44 heteroatoms. The number of amides is 4. The van der Waals surface area contributed by atoms with Gasteiger partial charge < -0.3 is 78.7 Å². The summed E-state index contributed by atoms with van der Waals surface area (Å²) in [5, 5.41) is 83.2. The number of hydrogen-bond acceptors (Lipinski definition) is 34. The molecule has 0 aliphatic carbocycles. The van der Waals surface area contributed by atoms with Crippen LogP contribution in [0.5, 0.6) is 0 Å². The average Bonchev–Trinajstić information content (AvgIpc) is 1.47. The minimum atomic E-state index is -1.04. The van der Waals surface area contributed by atoms with Crippen LogP contribution in [0, 0.1) is 23.7 Å². The van der Waals surface area contributed by atoms with Gasteiger partial charge in [0, 0.05) is 63.6 Å². The predicted molar refractivity (Wildman–Crippen MR) is 418 cm³/mol. The highest BCUT2D eigenvalue weighted by molar-refractivity contribution is 6.03. The SMILES string of the molecule is CC1[C@@H](O)[C@@H](CCO)O[C@H]1n1cnc2c(=O)[nH]c(N(C)C(=O)OC(C)(C)C)nc21.CC1[C@@H](O)[C@@H](CCO)O[C@H]1n1cnc2c(N(CC(C)(C)OC=O)C(=O)OC(C)(C)C)ncnc21.CC1[C@@H](O)[C@@H](CCO)O[C@H]1n1cnc2c(NC(=O)OC(C)(C)C)ncnc21.CCC(=O)CC(=O)Nc1nc2c(ncn2[C@@H]2O[C@H](CCO)[C@H](O)C2C)c(=O)[nH]1. The van der Waals surface area contributed by atoms with Crippen LogP contribution in [0.25, 0.3) is 44.7 Å². The number of aliphatic hydroxyl groups excluding tert-OH is 8. The first kappa shape index (κ1) is 91.6. The molecule has 0 spiro atoms. The van der Waals surface area contributed by atoms with Crippen molar-refractivity contribution in [3.8, 4) is 0 Å². The van der Waals surface area contributed by atoms with Gasteiger partial charge in [0.2, 0.25) is 17.8 Å². The molecular weight excluding hydrogens is 1550 g/mol. The van der Waals surface area contributed by atoms with Crippen molar-refractivity contribution in [1.82, 2.24) is 78.1 Å². The summed E-state index contributed by atoms with van der Waals surface area (Å²) < 4.78 is 51.3. The van der Waals surface area contributed by atoms with E-state index in [0.717, 1.165) is 4.90 Å². The molecule has 4 aliphatic rings. The van der Waals surface area contributed by atoms with Gasteiger partial charge in [-0.25, -0.2) is 54.3 Å². The number of H-pyrrole nitrogens is 2. The highest BCUT2D eigenvalue weighted by Crippen LogP contribution is 2.42. The Morgan fingerprint density at radius 2 is 0.907 bits per heavy atom. The largest absolute Gasteiger partial charge is 0.460 e. The summed E-state index contributed by atoms with van der Waals surface area (Å²) in [7, 11) is 1.44. The fraction of sp³-hybridized carbons (Fsp3) is 0.649. The molecule has 12 rings (SSSR count). The Bertz CT molecular complexity index is 4930. The number of imidazole rings is 4. The van der Waals surface area contributed by atoms with Crippen molar-refractivity contribution in [3.63, 3.8) is 0 Å². The van der Waals surface area contributed by atoms with Gasteiger partial charge in [0.25, 0.3) is 17.6 Å². The Morgan fingerprint density at radius 3 is 1.33 bits per heavy atom. The highest BCUT2D eigenvalue weighted by Gasteiger charge is 2.47. The van der Waals surface area contributed by atoms with Crippen LogP contribution in [-0.2, 0) is 52.3 Å². The summed E-state index contributed by atoms with van der Waals surface area (Å²) in [4.78, 5) is 146. The molecule has 4 unspecified atom stereocenters. The Balaban J connectivity index is 0.000000180. The van der Waals surface area contributed by atoms with Crippen molar-refractivity contribution in [2.45, 2.75) is 245 Å². The number of aromatic nitrogens is 16. The van der Waals surface area contributed by atoms with Gasteiger partial charge in [-0.2, -0.15) is 9.97 Å². The van der Waals surface area contributed by atoms with Crippen LogP contribution in [0.15, 0.2) is 47.6 Å². The molecular formula is C74H108N20O24. The summed E-state index contributed by atoms with van der Waals surface area (Å²) in [5.41, 5.74) is -2.15. The van der Waals surface area contributed by atoms with Gasteiger partial charge in [-0.3, -0.25) is 72.6 Å². The lowest BCUT2D eigenvalue weighted by atomic mass is 10.0. The standard InChI is InChI=1S/C22H33N5O7.C18H27N5O6.C17H23N5O6.C17H25N5O5/c1-13-16(30)14(7-8-28)33-19(13)27-11-25-15-17(23-10-24-18(15)27)26(9-22(5,6)32-12-29)20(31)34-21(2,3)4;1-9-12(25)10(6-7-24)28-15(9)23-8-19-11-13(23)20-16(21-14(11)26)22(5)17(27)29-18(2,3)4;1-3-9(24)6-11(25)19-17-20-14-12(15(27)21-17)18-7-22(14)16-8(2)13(26)10(28-16)4-5-23;1-9-12(24)10(5-6-23)26-15(9)22-8-20-11-13(18-7-19-14(11)22)21-16(25)27-17(2,3)4/h10-14,16,19,28,30H,7-9H2,1-6H3;8-10,12,15,24-25H,6-7H2,1-5H3,(H,20,21,26);7-8,10,13,16,23,26H,3-6H2,1-2H3,(H2,19,20,21,25,27);7-10,12,15,23-24H,5-6H2,1-4H3,(H,18,19,21,25)/t13?,14-,16-,19-;9?,10-,12-,15-;8?,10-,13-,16-;9?,10-,12-,15-/m1111/s1. The van der Waals surface area contributed by atoms with Crippen LogP contribution < -0.4 is 31.6 Å². The Labute approximate surface area is 676 Å². The lowest BCUT2D eigenvalue weighted by Gasteiger charge is -2.32. The van der Waals surface area contributed by atoms with Gasteiger partial charge in [-0.1, -0.05) is 34.6 Å². The zero-order valence-corrected chi connectivity index (χ0v) is 68.8. The molecule has 0 saturated carbocycles. The fourth-order valence-corrected chi connectivity index (χ4v) is 13.5. The second kappa shape index (κ2) is 38.2. The van der Waals surface area contributed by atoms with Gasteiger partial charge in [0.05, 0.1) is 87.1 Å². The van der Waals surface area contributed by atoms with Crippen LogP contribution in [0.1, 0.15) is 174 Å². The summed E-state index contributed by atoms with van der Waals surface area (Å²) in [5.74, 6) is -1.70. The molecule has 118 heavy (non-hydrogen) atoms. The quantitative estimate of drug-likeness (QED) is 0.0247. The molecule has 12 N–H and O–H groups in total. The Hall–Kier alpha value is -10.3. The summed E-state index contributed by atoms with van der Waals surface area (Å²) in [6.45, 7) is 27.9. The van der Waals surface area contributed by atoms with Gasteiger partial charge in [0.15, 0.2) is 56.3 Å². The number of carbonyl (C=O) groups is 6. The van der Waals surface area contributed by atoms with E-state index in [1.165, 1.54) is 54.5 Å². The first-order valence-corrected chi connectivity index (χ1v) is 38.4. The molecule has 8 aromatic heterocycles. The normalized spacial score (nSPS) is 24.5. The molecule has 4 aliphatic heterocycles. The summed E-state index contributed by atoms with van der Waals surface area (Å²) in [6.07, 6.45) is 0.111. The molecule has 12 heterocycles. The number of hydrogen-bond donors (Lipinski definition) is 12.